The Morgan fingerprint density at radius 1 is 1.04 bits per heavy atom. The zero-order valence-corrected chi connectivity index (χ0v) is 14.9. The molecule has 1 aromatic heterocycles. The summed E-state index contributed by atoms with van der Waals surface area (Å²) in [7, 11) is 0. The molecule has 1 atom stereocenters. The van der Waals surface area contributed by atoms with Crippen molar-refractivity contribution in [1.29, 1.82) is 0 Å². The van der Waals surface area contributed by atoms with Gasteiger partial charge in [-0.1, -0.05) is 42.5 Å². The lowest BCUT2D eigenvalue weighted by Gasteiger charge is -2.36. The summed E-state index contributed by atoms with van der Waals surface area (Å²) in [6.07, 6.45) is 8.19. The van der Waals surface area contributed by atoms with Crippen molar-refractivity contribution in [3.63, 3.8) is 0 Å². The van der Waals surface area contributed by atoms with Crippen LogP contribution in [0.3, 0.4) is 0 Å². The number of amides is 1. The first-order valence-electron chi connectivity index (χ1n) is 9.75. The quantitative estimate of drug-likeness (QED) is 0.726. The van der Waals surface area contributed by atoms with Crippen LogP contribution in [-0.2, 0) is 17.6 Å². The van der Waals surface area contributed by atoms with Gasteiger partial charge in [0.15, 0.2) is 0 Å². The molecule has 132 valence electrons. The van der Waals surface area contributed by atoms with E-state index < -0.39 is 0 Å². The molecule has 2 aliphatic carbocycles. The Bertz CT molecular complexity index is 954. The minimum Gasteiger partial charge on any atom is -0.361 e. The largest absolute Gasteiger partial charge is 0.361 e. The smallest absolute Gasteiger partial charge is 0.227 e. The fourth-order valence-electron chi connectivity index (χ4n) is 4.53. The third kappa shape index (κ3) is 2.72. The van der Waals surface area contributed by atoms with Crippen molar-refractivity contribution < 1.29 is 4.79 Å². The summed E-state index contributed by atoms with van der Waals surface area (Å²) in [5.74, 6) is 0.277. The zero-order chi connectivity index (χ0) is 17.5. The number of hydrogen-bond acceptors (Lipinski definition) is 1. The van der Waals surface area contributed by atoms with Crippen LogP contribution < -0.4 is 0 Å². The van der Waals surface area contributed by atoms with Crippen LogP contribution in [0, 0.1) is 0 Å². The van der Waals surface area contributed by atoms with Crippen LogP contribution in [0.25, 0.3) is 10.9 Å². The fourth-order valence-corrected chi connectivity index (χ4v) is 4.53. The van der Waals surface area contributed by atoms with E-state index >= 15 is 0 Å². The third-order valence-corrected chi connectivity index (χ3v) is 5.92. The Morgan fingerprint density at radius 3 is 2.73 bits per heavy atom. The average Bonchev–Trinajstić information content (AvgIpc) is 3.43. The van der Waals surface area contributed by atoms with Gasteiger partial charge in [-0.15, -0.1) is 0 Å². The number of para-hydroxylation sites is 1. The Labute approximate surface area is 154 Å². The van der Waals surface area contributed by atoms with E-state index in [1.165, 1.54) is 22.9 Å². The highest BCUT2D eigenvalue weighted by Gasteiger charge is 2.39. The number of carbonyl (C=O) groups excluding carboxylic acids is 1. The lowest BCUT2D eigenvalue weighted by Crippen LogP contribution is -2.39. The minimum absolute atomic E-state index is 0.255. The van der Waals surface area contributed by atoms with Crippen molar-refractivity contribution in [3.8, 4) is 0 Å². The highest BCUT2D eigenvalue weighted by atomic mass is 16.2. The molecule has 0 bridgehead atoms. The Kier molecular flexibility index (Phi) is 3.81. The number of nitrogens with one attached hydrogen (secondary N) is 1. The molecule has 1 fully saturated rings. The number of fused-ring (bicyclic) bond motifs is 2. The number of hydrogen-bond donors (Lipinski definition) is 1. The molecule has 0 spiro atoms. The molecule has 3 heteroatoms. The molecule has 1 heterocycles. The first-order valence-corrected chi connectivity index (χ1v) is 9.75. The van der Waals surface area contributed by atoms with Gasteiger partial charge in [0.05, 0.1) is 12.5 Å². The number of aromatic nitrogens is 1. The molecule has 0 saturated heterocycles. The van der Waals surface area contributed by atoms with E-state index in [2.05, 4.69) is 46.3 Å². The van der Waals surface area contributed by atoms with Gasteiger partial charge in [0.2, 0.25) is 5.91 Å². The van der Waals surface area contributed by atoms with Gasteiger partial charge in [-0.3, -0.25) is 4.79 Å². The van der Waals surface area contributed by atoms with Crippen molar-refractivity contribution in [1.82, 2.24) is 9.88 Å². The highest BCUT2D eigenvalue weighted by Crippen LogP contribution is 2.41. The first-order chi connectivity index (χ1) is 12.8. The van der Waals surface area contributed by atoms with Gasteiger partial charge < -0.3 is 9.88 Å². The van der Waals surface area contributed by atoms with Gasteiger partial charge >= 0.3 is 0 Å². The fraction of sp³-hybridized carbons (Fsp3) is 0.348. The van der Waals surface area contributed by atoms with Gasteiger partial charge in [0, 0.05) is 23.1 Å². The molecule has 3 aromatic rings. The van der Waals surface area contributed by atoms with Crippen LogP contribution in [0.4, 0.5) is 0 Å². The van der Waals surface area contributed by atoms with Crippen molar-refractivity contribution in [2.75, 3.05) is 0 Å². The number of benzene rings is 2. The SMILES string of the molecule is O=C(Cc1c[nH]c2ccccc12)N(C1CC1)C1CCCc2ccccc21. The van der Waals surface area contributed by atoms with Crippen LogP contribution in [0.1, 0.15) is 48.4 Å². The third-order valence-electron chi connectivity index (χ3n) is 5.92. The standard InChI is InChI=1S/C23H24N2O/c26-23(14-17-15-24-21-10-4-3-8-19(17)21)25(18-12-13-18)22-11-5-7-16-6-1-2-9-20(16)22/h1-4,6,8-10,15,18,22,24H,5,7,11-14H2. The molecule has 5 rings (SSSR count). The van der Waals surface area contributed by atoms with Gasteiger partial charge in [0.25, 0.3) is 0 Å². The van der Waals surface area contributed by atoms with E-state index in [1.807, 2.05) is 18.3 Å². The molecule has 1 saturated carbocycles. The van der Waals surface area contributed by atoms with Crippen molar-refractivity contribution in [2.24, 2.45) is 0 Å². The van der Waals surface area contributed by atoms with Crippen LogP contribution in [0.15, 0.2) is 54.7 Å². The summed E-state index contributed by atoms with van der Waals surface area (Å²) in [6.45, 7) is 0. The lowest BCUT2D eigenvalue weighted by atomic mass is 9.86. The van der Waals surface area contributed by atoms with Gasteiger partial charge in [-0.2, -0.15) is 0 Å². The van der Waals surface area contributed by atoms with Crippen molar-refractivity contribution >= 4 is 16.8 Å². The van der Waals surface area contributed by atoms with Crippen molar-refractivity contribution in [2.45, 2.75) is 50.6 Å². The minimum atomic E-state index is 0.255. The molecule has 0 radical (unpaired) electrons. The average molecular weight is 344 g/mol. The summed E-state index contributed by atoms with van der Waals surface area (Å²) in [5, 5.41) is 1.17. The molecule has 2 aromatic carbocycles. The number of aryl methyl sites for hydroxylation is 1. The maximum atomic E-state index is 13.4. The predicted molar refractivity (Wildman–Crippen MR) is 104 cm³/mol. The number of nitrogens with zero attached hydrogens (tertiary/aromatic N) is 1. The van der Waals surface area contributed by atoms with E-state index in [0.717, 1.165) is 36.8 Å². The first kappa shape index (κ1) is 15.7. The lowest BCUT2D eigenvalue weighted by molar-refractivity contribution is -0.134. The summed E-state index contributed by atoms with van der Waals surface area (Å²) in [4.78, 5) is 18.9. The second kappa shape index (κ2) is 6.31. The van der Waals surface area contributed by atoms with E-state index in [0.29, 0.717) is 12.5 Å². The molecule has 26 heavy (non-hydrogen) atoms. The second-order valence-corrected chi connectivity index (χ2v) is 7.68. The van der Waals surface area contributed by atoms with E-state index in [1.54, 1.807) is 0 Å². The summed E-state index contributed by atoms with van der Waals surface area (Å²) < 4.78 is 0. The van der Waals surface area contributed by atoms with Crippen LogP contribution in [0.5, 0.6) is 0 Å². The number of carbonyl (C=O) groups is 1. The normalized spacial score (nSPS) is 19.3. The van der Waals surface area contributed by atoms with Crippen LogP contribution in [-0.4, -0.2) is 21.8 Å². The van der Waals surface area contributed by atoms with Crippen LogP contribution in [0.2, 0.25) is 0 Å². The number of aromatic amines is 1. The zero-order valence-electron chi connectivity index (χ0n) is 14.9. The highest BCUT2D eigenvalue weighted by molar-refractivity contribution is 5.89. The number of rotatable bonds is 4. The Morgan fingerprint density at radius 2 is 1.85 bits per heavy atom. The van der Waals surface area contributed by atoms with E-state index in [4.69, 9.17) is 0 Å². The molecule has 3 nitrogen and oxygen atoms in total. The molecule has 2 aliphatic rings. The molecular formula is C23H24N2O. The second-order valence-electron chi connectivity index (χ2n) is 7.68. The number of H-pyrrole nitrogens is 1. The summed E-state index contributed by atoms with van der Waals surface area (Å²) in [6, 6.07) is 17.6. The predicted octanol–water partition coefficient (Wildman–Crippen LogP) is 4.78. The van der Waals surface area contributed by atoms with Gasteiger partial charge in [-0.05, 0) is 54.9 Å². The topological polar surface area (TPSA) is 36.1 Å². The Balaban J connectivity index is 1.46. The van der Waals surface area contributed by atoms with Gasteiger partial charge in [0.1, 0.15) is 0 Å². The maximum Gasteiger partial charge on any atom is 0.227 e. The van der Waals surface area contributed by atoms with E-state index in [-0.39, 0.29) is 11.9 Å². The molecule has 0 aliphatic heterocycles. The Hall–Kier alpha value is -2.55. The summed E-state index contributed by atoms with van der Waals surface area (Å²) in [5.41, 5.74) is 5.02. The van der Waals surface area contributed by atoms with E-state index in [9.17, 15) is 4.79 Å². The van der Waals surface area contributed by atoms with Gasteiger partial charge in [-0.25, -0.2) is 0 Å². The van der Waals surface area contributed by atoms with Crippen LogP contribution >= 0.6 is 0 Å². The molecule has 1 amide bonds. The summed E-state index contributed by atoms with van der Waals surface area (Å²) >= 11 is 0. The molecule has 1 unspecified atom stereocenters. The van der Waals surface area contributed by atoms with Crippen molar-refractivity contribution in [3.05, 3.63) is 71.4 Å². The maximum absolute atomic E-state index is 13.4. The molecule has 1 N–H and O–H groups in total. The molecular weight excluding hydrogens is 320 g/mol. The monoisotopic (exact) mass is 344 g/mol.